The minimum Gasteiger partial charge on any atom is -0.508 e. The highest BCUT2D eigenvalue weighted by molar-refractivity contribution is 7.80. The lowest BCUT2D eigenvalue weighted by molar-refractivity contribution is -0.142. The molecule has 4 aromatic rings. The zero-order valence-electron chi connectivity index (χ0n) is 66.8. The number of guanidine groups is 1. The van der Waals surface area contributed by atoms with Gasteiger partial charge in [0.25, 0.3) is 0 Å². The number of carbonyl (C=O) groups is 16. The Hall–Kier alpha value is -11.6. The van der Waals surface area contributed by atoms with Crippen LogP contribution in [-0.4, -0.2) is 231 Å². The normalized spacial score (nSPS) is 14.4. The van der Waals surface area contributed by atoms with Crippen molar-refractivity contribution in [3.05, 3.63) is 102 Å². The zero-order chi connectivity index (χ0) is 87.9. The van der Waals surface area contributed by atoms with Crippen molar-refractivity contribution in [1.82, 2.24) is 79.4 Å². The molecule has 27 N–H and O–H groups in total. The number of aromatic nitrogens is 1. The molecule has 14 amide bonds. The topological polar surface area (TPSA) is 646 Å². The number of hydrogen-bond donors (Lipinski definition) is 25. The first-order valence-electron chi connectivity index (χ1n) is 38.6. The van der Waals surface area contributed by atoms with Crippen molar-refractivity contribution in [2.75, 3.05) is 31.1 Å². The summed E-state index contributed by atoms with van der Waals surface area (Å²) in [7, 11) is 0. The number of phenols is 1. The number of unbranched alkanes of at least 4 members (excludes halogenated alkanes) is 1. The van der Waals surface area contributed by atoms with Crippen LogP contribution in [0.25, 0.3) is 10.9 Å². The fraction of sp³-hybridized carbons (Fsp3) is 0.519. The van der Waals surface area contributed by atoms with Crippen LogP contribution in [0.1, 0.15) is 129 Å². The Morgan fingerprint density at radius 2 is 0.873 bits per heavy atom. The second-order valence-electron chi connectivity index (χ2n) is 29.2. The van der Waals surface area contributed by atoms with E-state index in [0.29, 0.717) is 34.0 Å². The summed E-state index contributed by atoms with van der Waals surface area (Å²) in [4.78, 5) is 222. The van der Waals surface area contributed by atoms with Crippen molar-refractivity contribution in [2.24, 2.45) is 34.8 Å². The van der Waals surface area contributed by atoms with E-state index in [1.165, 1.54) is 38.1 Å². The van der Waals surface area contributed by atoms with Gasteiger partial charge in [0.15, 0.2) is 5.96 Å². The van der Waals surface area contributed by atoms with Crippen LogP contribution in [0.3, 0.4) is 0 Å². The second kappa shape index (κ2) is 50.8. The Kier molecular flexibility index (Phi) is 42.5. The Morgan fingerprint density at radius 1 is 0.441 bits per heavy atom. The average molecular weight is 1690 g/mol. The molecule has 39 nitrogen and oxygen atoms in total. The number of rotatable bonds is 53. The molecule has 41 heteroatoms. The monoisotopic (exact) mass is 1690 g/mol. The SMILES string of the molecule is CC(C)C[C@H](NC(=O)[C@H](C)NC(=O)CNC(=O)[C@H](C)NC(=O)[C@H](CCCNC(=N)N)NC(=O)[C@@H](N)CS)C(=O)N[C@@H](CCC(N)=O)C(=O)N[C@@H](Cc1c[nH]c2ccccc12)C(=O)N[C@@H](CC(C)C)C(=O)N[C@@H](CS)C(=O)N[C@@H](CCC(=O)O)C(=O)N[C@@H](CCCCN)C(=O)N[C@@H](Cc1ccc(O)cc1)C(=O)N[C@@H](Cc1ccccc1)C(=O)O. The molecule has 0 aliphatic rings. The van der Waals surface area contributed by atoms with E-state index in [2.05, 4.69) is 105 Å². The Bertz CT molecular complexity index is 4100. The summed E-state index contributed by atoms with van der Waals surface area (Å²) in [5.74, 6) is -17.4. The number of hydrogen-bond acceptors (Lipinski definition) is 22. The minimum absolute atomic E-state index is 0.0388. The summed E-state index contributed by atoms with van der Waals surface area (Å²) < 4.78 is 0. The van der Waals surface area contributed by atoms with Crippen molar-refractivity contribution in [1.29, 1.82) is 5.41 Å². The van der Waals surface area contributed by atoms with Gasteiger partial charge in [-0.25, -0.2) is 4.79 Å². The van der Waals surface area contributed by atoms with Crippen LogP contribution in [0.4, 0.5) is 0 Å². The van der Waals surface area contributed by atoms with Gasteiger partial charge < -0.3 is 118 Å². The van der Waals surface area contributed by atoms with E-state index in [4.69, 9.17) is 28.3 Å². The largest absolute Gasteiger partial charge is 0.508 e. The van der Waals surface area contributed by atoms with Crippen LogP contribution in [0.5, 0.6) is 5.75 Å². The molecular formula is C77H114N20O19S2. The molecule has 3 aromatic carbocycles. The number of nitrogens with two attached hydrogens (primary N) is 4. The first kappa shape index (κ1) is 98.8. The van der Waals surface area contributed by atoms with E-state index in [1.54, 1.807) is 88.5 Å². The van der Waals surface area contributed by atoms with Gasteiger partial charge in [-0.15, -0.1) is 0 Å². The van der Waals surface area contributed by atoms with Crippen molar-refractivity contribution < 1.29 is 92.0 Å². The third-order valence-corrected chi connectivity index (χ3v) is 19.2. The lowest BCUT2D eigenvalue weighted by Crippen LogP contribution is -2.61. The molecular weight excluding hydrogens is 1570 g/mol. The van der Waals surface area contributed by atoms with E-state index in [1.807, 2.05) is 0 Å². The van der Waals surface area contributed by atoms with E-state index in [0.717, 1.165) is 0 Å². The van der Waals surface area contributed by atoms with Gasteiger partial charge in [-0.1, -0.05) is 88.4 Å². The summed E-state index contributed by atoms with van der Waals surface area (Å²) in [6, 6.07) is 2.10. The number of carboxylic acid groups (broad SMARTS) is 2. The summed E-state index contributed by atoms with van der Waals surface area (Å²) in [5, 5.41) is 73.4. The molecule has 0 bridgehead atoms. The predicted octanol–water partition coefficient (Wildman–Crippen LogP) is -3.24. The fourth-order valence-electron chi connectivity index (χ4n) is 12.0. The third kappa shape index (κ3) is 35.5. The summed E-state index contributed by atoms with van der Waals surface area (Å²) in [6.07, 6.45) is -0.761. The number of aromatic hydroxyl groups is 1. The van der Waals surface area contributed by atoms with Gasteiger partial charge in [0.05, 0.1) is 12.6 Å². The van der Waals surface area contributed by atoms with Crippen molar-refractivity contribution in [3.63, 3.8) is 0 Å². The van der Waals surface area contributed by atoms with Gasteiger partial charge in [-0.3, -0.25) is 77.3 Å². The number of aromatic amines is 1. The molecule has 118 heavy (non-hydrogen) atoms. The molecule has 13 atom stereocenters. The Morgan fingerprint density at radius 3 is 1.40 bits per heavy atom. The minimum atomic E-state index is -1.73. The standard InChI is InChI=1S/C77H114N20O19S2/c1-40(2)31-55(92-65(104)43(6)86-62(100)37-85-64(103)42(5)87-67(106)52(20-14-30-83-77(81)82)88-66(105)49(79)38-117)71(110)90-53(25-27-61(80)99)70(109)95-58(35-46-36-84-50-18-11-10-17-48(46)50)74(113)93-56(32-41(3)4)72(111)97-60(39-118)75(114)91-54(26-28-63(101)102)69(108)89-51(19-12-13-29-78)68(107)94-57(33-45-21-23-47(98)24-22-45)73(112)96-59(76(115)116)34-44-15-8-7-9-16-44/h7-11,15-18,21-24,36,40-43,49,51-60,84,98,117-118H,12-14,19-20,25-35,37-39,78-79H2,1-6H3,(H2,80,99)(H,85,103)(H,86,100)(H,87,106)(H,88,105)(H,89,108)(H,90,110)(H,91,114)(H,92,104)(H,93,113)(H,94,107)(H,95,109)(H,96,112)(H,97,111)(H,101,102)(H,115,116)(H4,81,82,83)/t42-,43-,49-,51-,52-,53-,54-,55-,56-,57-,58-,59-,60-/m0/s1. The molecule has 0 aliphatic carbocycles. The molecule has 648 valence electrons. The smallest absolute Gasteiger partial charge is 0.326 e. The first-order chi connectivity index (χ1) is 55.8. The Balaban J connectivity index is 1.56. The number of fused-ring (bicyclic) bond motifs is 1. The number of nitrogens with one attached hydrogen (secondary N) is 16. The number of phenolic OH excluding ortho intramolecular Hbond substituents is 1. The van der Waals surface area contributed by atoms with Gasteiger partial charge >= 0.3 is 11.9 Å². The average Bonchev–Trinajstić information content (AvgIpc) is 1.71. The highest BCUT2D eigenvalue weighted by Gasteiger charge is 2.38. The first-order valence-corrected chi connectivity index (χ1v) is 39.9. The van der Waals surface area contributed by atoms with Gasteiger partial charge in [0.1, 0.15) is 78.3 Å². The molecule has 1 aromatic heterocycles. The number of primary amides is 1. The third-order valence-electron chi connectivity index (χ3n) is 18.4. The van der Waals surface area contributed by atoms with E-state index in [9.17, 15) is 92.0 Å². The quantitative estimate of drug-likeness (QED) is 0.00894. The van der Waals surface area contributed by atoms with Crippen LogP contribution >= 0.6 is 25.3 Å². The van der Waals surface area contributed by atoms with E-state index >= 15 is 0 Å². The molecule has 0 saturated heterocycles. The van der Waals surface area contributed by atoms with Crippen LogP contribution in [0.15, 0.2) is 85.1 Å². The number of carboxylic acids is 2. The van der Waals surface area contributed by atoms with Crippen LogP contribution in [-0.2, 0) is 96.0 Å². The summed E-state index contributed by atoms with van der Waals surface area (Å²) in [6.45, 7) is 9.07. The maximum Gasteiger partial charge on any atom is 0.326 e. The molecule has 0 saturated carbocycles. The highest BCUT2D eigenvalue weighted by Crippen LogP contribution is 2.21. The van der Waals surface area contributed by atoms with Gasteiger partial charge in [0, 0.05) is 67.3 Å². The Labute approximate surface area is 693 Å². The van der Waals surface area contributed by atoms with Gasteiger partial charge in [-0.2, -0.15) is 25.3 Å². The maximum absolute atomic E-state index is 15.0. The second-order valence-corrected chi connectivity index (χ2v) is 30.0. The summed E-state index contributed by atoms with van der Waals surface area (Å²) >= 11 is 8.34. The van der Waals surface area contributed by atoms with Gasteiger partial charge in [0.2, 0.25) is 82.7 Å². The maximum atomic E-state index is 15.0. The molecule has 0 spiro atoms. The summed E-state index contributed by atoms with van der Waals surface area (Å²) in [5.41, 5.74) is 24.6. The van der Waals surface area contributed by atoms with Crippen LogP contribution in [0.2, 0.25) is 0 Å². The fourth-order valence-corrected chi connectivity index (χ4v) is 12.4. The molecule has 0 fully saturated rings. The van der Waals surface area contributed by atoms with Crippen molar-refractivity contribution >= 4 is 137 Å². The number of para-hydroxylation sites is 1. The molecule has 1 heterocycles. The molecule has 4 rings (SSSR count). The highest BCUT2D eigenvalue weighted by atomic mass is 32.1. The van der Waals surface area contributed by atoms with Crippen molar-refractivity contribution in [2.45, 2.75) is 210 Å². The van der Waals surface area contributed by atoms with Crippen molar-refractivity contribution in [3.8, 4) is 5.75 Å². The number of H-pyrrole nitrogens is 1. The van der Waals surface area contributed by atoms with Crippen LogP contribution < -0.4 is 97.4 Å². The van der Waals surface area contributed by atoms with E-state index in [-0.39, 0.29) is 100 Å². The zero-order valence-corrected chi connectivity index (χ0v) is 68.5. The lowest BCUT2D eigenvalue weighted by Gasteiger charge is -2.28. The lowest BCUT2D eigenvalue weighted by atomic mass is 9.99. The number of carbonyl (C=O) groups excluding carboxylic acids is 14. The van der Waals surface area contributed by atoms with Gasteiger partial charge in [-0.05, 0) is 125 Å². The number of benzene rings is 3. The molecule has 0 unspecified atom stereocenters. The van der Waals surface area contributed by atoms with Crippen LogP contribution in [0, 0.1) is 17.2 Å². The number of thiol groups is 2. The number of amides is 14. The molecule has 0 aliphatic heterocycles. The molecule has 0 radical (unpaired) electrons. The predicted molar refractivity (Wildman–Crippen MR) is 441 cm³/mol. The van der Waals surface area contributed by atoms with E-state index < -0.39 is 211 Å². The number of aliphatic carboxylic acids is 2.